The molecule has 0 saturated heterocycles. The van der Waals surface area contributed by atoms with Crippen molar-refractivity contribution in [3.8, 4) is 0 Å². The normalized spacial score (nSPS) is 18.7. The third-order valence-electron chi connectivity index (χ3n) is 3.01. The molecule has 0 aromatic rings. The van der Waals surface area contributed by atoms with Gasteiger partial charge in [0, 0.05) is 5.57 Å². The van der Waals surface area contributed by atoms with Crippen molar-refractivity contribution in [1.82, 2.24) is 0 Å². The van der Waals surface area contributed by atoms with Crippen LogP contribution in [0.4, 0.5) is 0 Å². The molecular formula is C16H27O4P. The molecule has 0 N–H and O–H groups in total. The molecule has 0 aromatic heterocycles. The van der Waals surface area contributed by atoms with E-state index >= 15 is 0 Å². The van der Waals surface area contributed by atoms with Crippen molar-refractivity contribution < 1.29 is 18.4 Å². The second-order valence-electron chi connectivity index (χ2n) is 6.70. The van der Waals surface area contributed by atoms with E-state index in [1.54, 1.807) is 27.7 Å². The molecule has 120 valence electrons. The molecule has 1 aliphatic rings. The number of carbonyl (C=O) groups is 1. The second kappa shape index (κ2) is 6.60. The lowest BCUT2D eigenvalue weighted by molar-refractivity contribution is -0.113. The Kier molecular flexibility index (Phi) is 5.76. The lowest BCUT2D eigenvalue weighted by Gasteiger charge is -2.31. The Bertz CT molecular complexity index is 498. The molecule has 0 heterocycles. The summed E-state index contributed by atoms with van der Waals surface area (Å²) in [5.74, 6) is -0.117. The number of carbonyl (C=O) groups excluding carboxylic acids is 1. The predicted molar refractivity (Wildman–Crippen MR) is 85.3 cm³/mol. The molecule has 0 amide bonds. The van der Waals surface area contributed by atoms with Gasteiger partial charge in [-0.1, -0.05) is 26.0 Å². The van der Waals surface area contributed by atoms with Gasteiger partial charge in [-0.05, 0) is 46.5 Å². The first-order valence-corrected chi connectivity index (χ1v) is 8.93. The van der Waals surface area contributed by atoms with Crippen LogP contribution in [-0.2, 0) is 18.4 Å². The van der Waals surface area contributed by atoms with Crippen molar-refractivity contribution in [2.75, 3.05) is 0 Å². The number of ketones is 1. The minimum absolute atomic E-state index is 0.117. The SMILES string of the molecule is CC(=O)C1=CC(C)(C)CC=C1P(=O)(OC(C)C)OC(C)C. The maximum atomic E-state index is 13.2. The van der Waals surface area contributed by atoms with Crippen molar-refractivity contribution in [2.45, 2.75) is 67.1 Å². The molecule has 1 aliphatic carbocycles. The maximum absolute atomic E-state index is 13.2. The van der Waals surface area contributed by atoms with E-state index in [0.717, 1.165) is 0 Å². The highest BCUT2D eigenvalue weighted by molar-refractivity contribution is 7.59. The molecule has 0 aliphatic heterocycles. The number of hydrogen-bond donors (Lipinski definition) is 0. The number of Topliss-reactive ketones (excluding diaryl/α,β-unsaturated/α-hetero) is 1. The Morgan fingerprint density at radius 3 is 2.05 bits per heavy atom. The van der Waals surface area contributed by atoms with Crippen LogP contribution in [0.2, 0.25) is 0 Å². The van der Waals surface area contributed by atoms with Crippen molar-refractivity contribution in [1.29, 1.82) is 0 Å². The molecule has 0 atom stereocenters. The fourth-order valence-electron chi connectivity index (χ4n) is 2.23. The van der Waals surface area contributed by atoms with Gasteiger partial charge in [-0.2, -0.15) is 0 Å². The summed E-state index contributed by atoms with van der Waals surface area (Å²) in [5.41, 5.74) is 0.321. The van der Waals surface area contributed by atoms with E-state index in [1.807, 2.05) is 26.0 Å². The number of hydrogen-bond acceptors (Lipinski definition) is 4. The van der Waals surface area contributed by atoms with Crippen molar-refractivity contribution in [2.24, 2.45) is 5.41 Å². The van der Waals surface area contributed by atoms with Gasteiger partial charge in [0.1, 0.15) is 0 Å². The first kappa shape index (κ1) is 18.3. The minimum atomic E-state index is -3.50. The number of allylic oxidation sites excluding steroid dienone is 4. The van der Waals surface area contributed by atoms with Crippen LogP contribution >= 0.6 is 7.60 Å². The quantitative estimate of drug-likeness (QED) is 0.657. The Hall–Kier alpha value is -0.700. The van der Waals surface area contributed by atoms with Crippen molar-refractivity contribution >= 4 is 13.4 Å². The number of rotatable bonds is 6. The Balaban J connectivity index is 3.30. The van der Waals surface area contributed by atoms with E-state index < -0.39 is 7.60 Å². The van der Waals surface area contributed by atoms with Gasteiger partial charge in [-0.3, -0.25) is 9.36 Å². The van der Waals surface area contributed by atoms with Gasteiger partial charge in [0.05, 0.1) is 17.5 Å². The smallest absolute Gasteiger partial charge is 0.302 e. The van der Waals surface area contributed by atoms with Gasteiger partial charge in [-0.25, -0.2) is 0 Å². The van der Waals surface area contributed by atoms with Crippen molar-refractivity contribution in [3.63, 3.8) is 0 Å². The Morgan fingerprint density at radius 2 is 1.67 bits per heavy atom. The fraction of sp³-hybridized carbons (Fsp3) is 0.688. The highest BCUT2D eigenvalue weighted by atomic mass is 31.2. The Labute approximate surface area is 128 Å². The summed E-state index contributed by atoms with van der Waals surface area (Å²) in [6, 6.07) is 0. The summed E-state index contributed by atoms with van der Waals surface area (Å²) in [6.45, 7) is 12.8. The zero-order valence-corrected chi connectivity index (χ0v) is 15.0. The molecule has 0 bridgehead atoms. The lowest BCUT2D eigenvalue weighted by Crippen LogP contribution is -2.19. The summed E-state index contributed by atoms with van der Waals surface area (Å²) < 4.78 is 24.4. The first-order valence-electron chi connectivity index (χ1n) is 7.38. The average Bonchev–Trinajstić information content (AvgIpc) is 2.24. The van der Waals surface area contributed by atoms with Crippen LogP contribution in [0.3, 0.4) is 0 Å². The van der Waals surface area contributed by atoms with E-state index in [-0.39, 0.29) is 23.4 Å². The van der Waals surface area contributed by atoms with Gasteiger partial charge in [-0.15, -0.1) is 0 Å². The molecule has 21 heavy (non-hydrogen) atoms. The monoisotopic (exact) mass is 314 g/mol. The molecule has 0 radical (unpaired) electrons. The van der Waals surface area contributed by atoms with Gasteiger partial charge in [0.2, 0.25) is 0 Å². The van der Waals surface area contributed by atoms with Crippen LogP contribution in [0.5, 0.6) is 0 Å². The average molecular weight is 314 g/mol. The largest absolute Gasteiger partial charge is 0.362 e. The van der Waals surface area contributed by atoms with Gasteiger partial charge >= 0.3 is 7.60 Å². The van der Waals surface area contributed by atoms with Gasteiger partial charge in [0.15, 0.2) is 5.78 Å². The van der Waals surface area contributed by atoms with Gasteiger partial charge < -0.3 is 9.05 Å². The summed E-state index contributed by atoms with van der Waals surface area (Å²) in [4.78, 5) is 12.0. The zero-order chi connectivity index (χ0) is 16.4. The summed E-state index contributed by atoms with van der Waals surface area (Å²) in [5, 5.41) is 0.414. The van der Waals surface area contributed by atoms with Crippen LogP contribution in [-0.4, -0.2) is 18.0 Å². The van der Waals surface area contributed by atoms with E-state index in [0.29, 0.717) is 17.3 Å². The highest BCUT2D eigenvalue weighted by Crippen LogP contribution is 2.62. The molecule has 1 rings (SSSR count). The predicted octanol–water partition coefficient (Wildman–Crippen LogP) is 4.86. The van der Waals surface area contributed by atoms with E-state index in [4.69, 9.17) is 9.05 Å². The molecule has 0 unspecified atom stereocenters. The summed E-state index contributed by atoms with van der Waals surface area (Å²) in [7, 11) is -3.50. The van der Waals surface area contributed by atoms with Crippen LogP contribution in [0.25, 0.3) is 0 Å². The van der Waals surface area contributed by atoms with Crippen molar-refractivity contribution in [3.05, 3.63) is 23.0 Å². The lowest BCUT2D eigenvalue weighted by atomic mass is 9.82. The van der Waals surface area contributed by atoms with Crippen LogP contribution in [0.1, 0.15) is 54.9 Å². The van der Waals surface area contributed by atoms with E-state index in [2.05, 4.69) is 0 Å². The molecule has 0 fully saturated rings. The Morgan fingerprint density at radius 1 is 1.19 bits per heavy atom. The highest BCUT2D eigenvalue weighted by Gasteiger charge is 2.39. The fourth-order valence-corrected chi connectivity index (χ4v) is 4.45. The molecule has 0 spiro atoms. The summed E-state index contributed by atoms with van der Waals surface area (Å²) >= 11 is 0. The third-order valence-corrected chi connectivity index (χ3v) is 5.42. The third kappa shape index (κ3) is 4.91. The molecular weight excluding hydrogens is 287 g/mol. The minimum Gasteiger partial charge on any atom is -0.302 e. The second-order valence-corrected chi connectivity index (χ2v) is 8.60. The molecule has 0 saturated carbocycles. The van der Waals surface area contributed by atoms with Gasteiger partial charge in [0.25, 0.3) is 0 Å². The van der Waals surface area contributed by atoms with E-state index in [1.165, 1.54) is 6.92 Å². The topological polar surface area (TPSA) is 52.6 Å². The molecule has 5 heteroatoms. The first-order chi connectivity index (χ1) is 9.47. The zero-order valence-electron chi connectivity index (χ0n) is 14.1. The van der Waals surface area contributed by atoms with Crippen LogP contribution in [0, 0.1) is 5.41 Å². The summed E-state index contributed by atoms with van der Waals surface area (Å²) in [6.07, 6.45) is 3.91. The molecule has 0 aromatic carbocycles. The standard InChI is InChI=1S/C16H27O4P/c1-11(2)19-21(18,20-12(3)4)15-8-9-16(6,7)10-14(15)13(5)17/h8,10-12H,9H2,1-7H3. The molecule has 4 nitrogen and oxygen atoms in total. The maximum Gasteiger partial charge on any atom is 0.362 e. The van der Waals surface area contributed by atoms with E-state index in [9.17, 15) is 9.36 Å². The van der Waals surface area contributed by atoms with Crippen LogP contribution in [0.15, 0.2) is 23.0 Å². The van der Waals surface area contributed by atoms with Crippen LogP contribution < -0.4 is 0 Å².